The van der Waals surface area contributed by atoms with Crippen LogP contribution in [0.25, 0.3) is 0 Å². The maximum atomic E-state index is 13.2. The number of anilines is 1. The zero-order valence-electron chi connectivity index (χ0n) is 17.9. The molecular formula is C20H22F3N3O6S. The van der Waals surface area contributed by atoms with E-state index in [0.29, 0.717) is 6.07 Å². The molecule has 2 bridgehead atoms. The van der Waals surface area contributed by atoms with Gasteiger partial charge in [0.25, 0.3) is 0 Å². The first kappa shape index (κ1) is 24.9. The van der Waals surface area contributed by atoms with Crippen LogP contribution in [-0.4, -0.2) is 48.4 Å². The van der Waals surface area contributed by atoms with Crippen LogP contribution >= 0.6 is 0 Å². The second kappa shape index (κ2) is 7.96. The van der Waals surface area contributed by atoms with E-state index in [9.17, 15) is 36.3 Å². The second-order valence-corrected chi connectivity index (χ2v) is 10.6. The molecule has 33 heavy (non-hydrogen) atoms. The molecule has 2 heterocycles. The molecule has 1 amide bonds. The van der Waals surface area contributed by atoms with E-state index in [1.54, 1.807) is 0 Å². The molecule has 3 rings (SSSR count). The predicted molar refractivity (Wildman–Crippen MR) is 108 cm³/mol. The smallest absolute Gasteiger partial charge is 0.417 e. The van der Waals surface area contributed by atoms with Crippen molar-refractivity contribution in [1.29, 1.82) is 5.26 Å². The van der Waals surface area contributed by atoms with Crippen molar-refractivity contribution in [1.82, 2.24) is 4.72 Å². The molecule has 0 radical (unpaired) electrons. The van der Waals surface area contributed by atoms with Crippen LogP contribution in [0.4, 0.5) is 18.9 Å². The van der Waals surface area contributed by atoms with E-state index in [2.05, 4.69) is 10.0 Å². The van der Waals surface area contributed by atoms with Crippen molar-refractivity contribution in [2.75, 3.05) is 11.1 Å². The molecule has 1 aromatic carbocycles. The van der Waals surface area contributed by atoms with Crippen LogP contribution in [0.2, 0.25) is 0 Å². The molecule has 2 fully saturated rings. The Morgan fingerprint density at radius 3 is 2.45 bits per heavy atom. The number of aliphatic carboxylic acids is 1. The third-order valence-corrected chi connectivity index (χ3v) is 7.73. The topological polar surface area (TPSA) is 146 Å². The second-order valence-electron chi connectivity index (χ2n) is 8.53. The number of halogens is 3. The minimum Gasteiger partial charge on any atom is -0.481 e. The van der Waals surface area contributed by atoms with Crippen molar-refractivity contribution < 1.29 is 41.0 Å². The van der Waals surface area contributed by atoms with Crippen LogP contribution in [0.15, 0.2) is 18.2 Å². The van der Waals surface area contributed by atoms with E-state index in [1.165, 1.54) is 26.8 Å². The largest absolute Gasteiger partial charge is 0.481 e. The van der Waals surface area contributed by atoms with Crippen molar-refractivity contribution in [2.24, 2.45) is 11.8 Å². The number of amides is 1. The molecule has 5 atom stereocenters. The lowest BCUT2D eigenvalue weighted by molar-refractivity contribution is -0.150. The molecule has 0 aromatic heterocycles. The highest BCUT2D eigenvalue weighted by Gasteiger charge is 2.72. The Morgan fingerprint density at radius 1 is 1.30 bits per heavy atom. The van der Waals surface area contributed by atoms with E-state index in [1.807, 2.05) is 0 Å². The number of benzene rings is 1. The molecule has 3 N–H and O–H groups in total. The zero-order valence-corrected chi connectivity index (χ0v) is 18.7. The normalized spacial score (nSPS) is 31.2. The summed E-state index contributed by atoms with van der Waals surface area (Å²) in [6.45, 7) is 4.29. The Kier molecular flexibility index (Phi) is 6.02. The summed E-state index contributed by atoms with van der Waals surface area (Å²) in [4.78, 5) is 25.2. The van der Waals surface area contributed by atoms with E-state index in [-0.39, 0.29) is 17.9 Å². The maximum absolute atomic E-state index is 13.2. The minimum atomic E-state index is -4.84. The van der Waals surface area contributed by atoms with Crippen molar-refractivity contribution in [2.45, 2.75) is 50.6 Å². The van der Waals surface area contributed by atoms with Gasteiger partial charge in [-0.1, -0.05) is 0 Å². The van der Waals surface area contributed by atoms with Crippen LogP contribution in [0, 0.1) is 23.2 Å². The SMILES string of the molecule is CCS(=O)(=O)N[C@@H]1CC2(C)OC1(C)[C@H](C(=O)O)[C@@H]2C(=O)Nc1ccc(C#N)c(C(F)(F)F)c1. The van der Waals surface area contributed by atoms with Crippen molar-refractivity contribution in [3.05, 3.63) is 29.3 Å². The number of nitrogens with zero attached hydrogens (tertiary/aromatic N) is 1. The third-order valence-electron chi connectivity index (χ3n) is 6.33. The Labute approximate surface area is 188 Å². The Morgan fingerprint density at radius 2 is 1.94 bits per heavy atom. The number of carboxylic acid groups (broad SMARTS) is 1. The lowest BCUT2D eigenvalue weighted by Crippen LogP contribution is -2.59. The first-order chi connectivity index (χ1) is 15.1. The van der Waals surface area contributed by atoms with E-state index in [0.717, 1.165) is 12.1 Å². The number of nitrogens with one attached hydrogen (secondary N) is 2. The molecule has 2 saturated heterocycles. The van der Waals surface area contributed by atoms with Crippen LogP contribution in [0.1, 0.15) is 38.3 Å². The quantitative estimate of drug-likeness (QED) is 0.555. The van der Waals surface area contributed by atoms with Crippen LogP contribution in [-0.2, 0) is 30.5 Å². The standard InChI is InChI=1S/C20H22F3N3O6S/c1-4-33(30,31)26-13-8-18(2)14(15(17(28)29)19(13,3)32-18)16(27)25-11-6-5-10(9-24)12(7-11)20(21,22)23/h5-7,13-15,26H,4,8H2,1-3H3,(H,25,27)(H,28,29)/t13-,14-,15+,18?,19?/m1/s1. The molecule has 13 heteroatoms. The highest BCUT2D eigenvalue weighted by molar-refractivity contribution is 7.89. The number of ether oxygens (including phenoxy) is 1. The van der Waals surface area contributed by atoms with Gasteiger partial charge in [0.15, 0.2) is 0 Å². The summed E-state index contributed by atoms with van der Waals surface area (Å²) in [7, 11) is -3.71. The number of hydrogen-bond acceptors (Lipinski definition) is 6. The zero-order chi connectivity index (χ0) is 25.0. The summed E-state index contributed by atoms with van der Waals surface area (Å²) in [5.74, 6) is -5.31. The monoisotopic (exact) mass is 489 g/mol. The van der Waals surface area contributed by atoms with E-state index >= 15 is 0 Å². The number of sulfonamides is 1. The number of carboxylic acids is 1. The fraction of sp³-hybridized carbons (Fsp3) is 0.550. The Bertz CT molecular complexity index is 1150. The van der Waals surface area contributed by atoms with Gasteiger partial charge >= 0.3 is 12.1 Å². The Balaban J connectivity index is 1.94. The van der Waals surface area contributed by atoms with Gasteiger partial charge in [-0.25, -0.2) is 13.1 Å². The number of carbonyl (C=O) groups excluding carboxylic acids is 1. The van der Waals surface area contributed by atoms with Gasteiger partial charge < -0.3 is 15.2 Å². The molecular weight excluding hydrogens is 467 g/mol. The summed E-state index contributed by atoms with van der Waals surface area (Å²) >= 11 is 0. The van der Waals surface area contributed by atoms with Gasteiger partial charge in [0.2, 0.25) is 15.9 Å². The Hall–Kier alpha value is -2.69. The summed E-state index contributed by atoms with van der Waals surface area (Å²) in [5, 5.41) is 21.1. The highest BCUT2D eigenvalue weighted by atomic mass is 32.2. The molecule has 2 unspecified atom stereocenters. The summed E-state index contributed by atoms with van der Waals surface area (Å²) < 4.78 is 72.2. The summed E-state index contributed by atoms with van der Waals surface area (Å²) in [5.41, 5.74) is -5.09. The minimum absolute atomic E-state index is 0.00817. The van der Waals surface area contributed by atoms with Gasteiger partial charge in [-0.05, 0) is 45.4 Å². The van der Waals surface area contributed by atoms with Gasteiger partial charge in [0.1, 0.15) is 5.92 Å². The first-order valence-electron chi connectivity index (χ1n) is 9.93. The molecule has 1 aromatic rings. The molecule has 0 aliphatic carbocycles. The van der Waals surface area contributed by atoms with Gasteiger partial charge in [-0.2, -0.15) is 18.4 Å². The molecule has 180 valence electrons. The summed E-state index contributed by atoms with van der Waals surface area (Å²) in [6.07, 6.45) is -4.85. The van der Waals surface area contributed by atoms with E-state index < -0.39 is 68.3 Å². The third kappa shape index (κ3) is 4.30. The maximum Gasteiger partial charge on any atom is 0.417 e. The van der Waals surface area contributed by atoms with Crippen molar-refractivity contribution >= 4 is 27.6 Å². The van der Waals surface area contributed by atoms with Gasteiger partial charge in [0, 0.05) is 5.69 Å². The molecule has 9 nitrogen and oxygen atoms in total. The fourth-order valence-electron chi connectivity index (χ4n) is 4.83. The first-order valence-corrected chi connectivity index (χ1v) is 11.6. The fourth-order valence-corrected chi connectivity index (χ4v) is 5.74. The highest BCUT2D eigenvalue weighted by Crippen LogP contribution is 2.58. The lowest BCUT2D eigenvalue weighted by atomic mass is 9.65. The molecule has 2 aliphatic heterocycles. The molecule has 2 aliphatic rings. The van der Waals surface area contributed by atoms with Crippen LogP contribution in [0.5, 0.6) is 0 Å². The molecule has 0 spiro atoms. The number of carbonyl (C=O) groups is 2. The average Bonchev–Trinajstić information content (AvgIpc) is 3.09. The van der Waals surface area contributed by atoms with E-state index in [4.69, 9.17) is 10.00 Å². The summed E-state index contributed by atoms with van der Waals surface area (Å²) in [6, 6.07) is 3.14. The van der Waals surface area contributed by atoms with Crippen molar-refractivity contribution in [3.63, 3.8) is 0 Å². The number of rotatable bonds is 6. The predicted octanol–water partition coefficient (Wildman–Crippen LogP) is 2.09. The van der Waals surface area contributed by atoms with Gasteiger partial charge in [-0.3, -0.25) is 9.59 Å². The lowest BCUT2D eigenvalue weighted by Gasteiger charge is -2.38. The number of fused-ring (bicyclic) bond motifs is 2. The van der Waals surface area contributed by atoms with Crippen molar-refractivity contribution in [3.8, 4) is 6.07 Å². The number of nitriles is 1. The molecule has 0 saturated carbocycles. The van der Waals surface area contributed by atoms with Crippen LogP contribution in [0.3, 0.4) is 0 Å². The van der Waals surface area contributed by atoms with Gasteiger partial charge in [0.05, 0.1) is 46.1 Å². The number of hydrogen-bond donors (Lipinski definition) is 3. The van der Waals surface area contributed by atoms with Crippen LogP contribution < -0.4 is 10.0 Å². The number of alkyl halides is 3. The van der Waals surface area contributed by atoms with Gasteiger partial charge in [-0.15, -0.1) is 0 Å². The average molecular weight is 489 g/mol.